The lowest BCUT2D eigenvalue weighted by atomic mass is 10.0. The number of piperidine rings is 1. The van der Waals surface area contributed by atoms with E-state index in [2.05, 4.69) is 51.0 Å². The van der Waals surface area contributed by atoms with Crippen LogP contribution in [0.25, 0.3) is 0 Å². The highest BCUT2D eigenvalue weighted by Gasteiger charge is 2.20. The lowest BCUT2D eigenvalue weighted by molar-refractivity contribution is 0.183. The van der Waals surface area contributed by atoms with Gasteiger partial charge in [-0.1, -0.05) is 13.0 Å². The molecule has 0 spiro atoms. The molecule has 7 heteroatoms. The Hall–Kier alpha value is -1.09. The standard InChI is InChI=1S/C21H36N6.HI/c1-3-22-21(24-11-7-13-25-12-6-8-19(2)18-25)27-16-14-26(15-17-27)20-9-4-5-10-23-20;/h4-5,9-10,19H,3,6-8,11-18H2,1-2H3,(H,22,24);1H. The van der Waals surface area contributed by atoms with E-state index >= 15 is 0 Å². The molecule has 2 aliphatic rings. The monoisotopic (exact) mass is 500 g/mol. The number of pyridine rings is 1. The minimum atomic E-state index is 0. The number of likely N-dealkylation sites (tertiary alicyclic amines) is 1. The Balaban J connectivity index is 0.00000280. The fourth-order valence-electron chi connectivity index (χ4n) is 4.08. The van der Waals surface area contributed by atoms with Crippen LogP contribution in [0.15, 0.2) is 29.4 Å². The Morgan fingerprint density at radius 3 is 2.71 bits per heavy atom. The topological polar surface area (TPSA) is 47.0 Å². The van der Waals surface area contributed by atoms with Gasteiger partial charge in [0.1, 0.15) is 5.82 Å². The molecule has 0 radical (unpaired) electrons. The maximum Gasteiger partial charge on any atom is 0.194 e. The SMILES string of the molecule is CCNC(=NCCCN1CCCC(C)C1)N1CCN(c2ccccn2)CC1.I. The first kappa shape index (κ1) is 23.2. The number of rotatable bonds is 6. The quantitative estimate of drug-likeness (QED) is 0.282. The average molecular weight is 500 g/mol. The predicted molar refractivity (Wildman–Crippen MR) is 129 cm³/mol. The Kier molecular flexibility index (Phi) is 10.3. The van der Waals surface area contributed by atoms with Crippen LogP contribution in [0.1, 0.15) is 33.1 Å². The number of hydrogen-bond acceptors (Lipinski definition) is 4. The molecule has 6 nitrogen and oxygen atoms in total. The maximum absolute atomic E-state index is 4.91. The van der Waals surface area contributed by atoms with Gasteiger partial charge in [0.15, 0.2) is 5.96 Å². The van der Waals surface area contributed by atoms with Crippen LogP contribution in [0.2, 0.25) is 0 Å². The summed E-state index contributed by atoms with van der Waals surface area (Å²) in [4.78, 5) is 16.8. The van der Waals surface area contributed by atoms with Gasteiger partial charge in [-0.25, -0.2) is 4.98 Å². The molecule has 0 aromatic carbocycles. The van der Waals surface area contributed by atoms with Crippen molar-refractivity contribution in [2.75, 3.05) is 63.8 Å². The minimum Gasteiger partial charge on any atom is -0.357 e. The number of aromatic nitrogens is 1. The van der Waals surface area contributed by atoms with Crippen molar-refractivity contribution in [1.82, 2.24) is 20.1 Å². The molecule has 1 N–H and O–H groups in total. The zero-order valence-electron chi connectivity index (χ0n) is 17.5. The van der Waals surface area contributed by atoms with Gasteiger partial charge in [-0.15, -0.1) is 24.0 Å². The van der Waals surface area contributed by atoms with Crippen molar-refractivity contribution in [3.05, 3.63) is 24.4 Å². The van der Waals surface area contributed by atoms with E-state index in [-0.39, 0.29) is 24.0 Å². The first-order valence-electron chi connectivity index (χ1n) is 10.7. The molecule has 1 atom stereocenters. The van der Waals surface area contributed by atoms with Crippen LogP contribution in [0.3, 0.4) is 0 Å². The van der Waals surface area contributed by atoms with E-state index in [4.69, 9.17) is 4.99 Å². The third-order valence-corrected chi connectivity index (χ3v) is 5.52. The van der Waals surface area contributed by atoms with Crippen LogP contribution in [0.4, 0.5) is 5.82 Å². The van der Waals surface area contributed by atoms with Gasteiger partial charge in [0.2, 0.25) is 0 Å². The van der Waals surface area contributed by atoms with Crippen LogP contribution in [0, 0.1) is 5.92 Å². The lowest BCUT2D eigenvalue weighted by Crippen LogP contribution is -2.52. The summed E-state index contributed by atoms with van der Waals surface area (Å²) >= 11 is 0. The highest BCUT2D eigenvalue weighted by atomic mass is 127. The first-order chi connectivity index (χ1) is 13.3. The molecule has 2 saturated heterocycles. The van der Waals surface area contributed by atoms with E-state index in [1.165, 1.54) is 32.5 Å². The molecular formula is C21H37IN6. The highest BCUT2D eigenvalue weighted by molar-refractivity contribution is 14.0. The molecule has 2 aliphatic heterocycles. The zero-order valence-corrected chi connectivity index (χ0v) is 19.8. The van der Waals surface area contributed by atoms with Gasteiger partial charge in [0, 0.05) is 52.0 Å². The van der Waals surface area contributed by atoms with Crippen molar-refractivity contribution in [1.29, 1.82) is 0 Å². The van der Waals surface area contributed by atoms with Gasteiger partial charge in [-0.05, 0) is 57.3 Å². The summed E-state index contributed by atoms with van der Waals surface area (Å²) in [5.41, 5.74) is 0. The summed E-state index contributed by atoms with van der Waals surface area (Å²) < 4.78 is 0. The summed E-state index contributed by atoms with van der Waals surface area (Å²) in [6.07, 6.45) is 5.77. The molecule has 1 unspecified atom stereocenters. The molecule has 2 fully saturated rings. The van der Waals surface area contributed by atoms with Gasteiger partial charge in [-0.3, -0.25) is 4.99 Å². The summed E-state index contributed by atoms with van der Waals surface area (Å²) in [5.74, 6) is 3.01. The Bertz CT molecular complexity index is 574. The Labute approximate surface area is 187 Å². The van der Waals surface area contributed by atoms with Crippen LogP contribution in [0.5, 0.6) is 0 Å². The predicted octanol–water partition coefficient (Wildman–Crippen LogP) is 2.91. The summed E-state index contributed by atoms with van der Waals surface area (Å²) in [6.45, 7) is 14.0. The van der Waals surface area contributed by atoms with E-state index in [1.807, 2.05) is 12.3 Å². The normalized spacial score (nSPS) is 21.4. The third-order valence-electron chi connectivity index (χ3n) is 5.52. The number of guanidine groups is 1. The number of anilines is 1. The van der Waals surface area contributed by atoms with E-state index < -0.39 is 0 Å². The molecule has 0 amide bonds. The third kappa shape index (κ3) is 7.06. The first-order valence-corrected chi connectivity index (χ1v) is 10.7. The van der Waals surface area contributed by atoms with E-state index in [1.54, 1.807) is 0 Å². The van der Waals surface area contributed by atoms with E-state index in [0.29, 0.717) is 0 Å². The van der Waals surface area contributed by atoms with Crippen molar-refractivity contribution in [2.45, 2.75) is 33.1 Å². The fraction of sp³-hybridized carbons (Fsp3) is 0.714. The summed E-state index contributed by atoms with van der Waals surface area (Å²) in [7, 11) is 0. The largest absolute Gasteiger partial charge is 0.357 e. The van der Waals surface area contributed by atoms with Gasteiger partial charge in [0.05, 0.1) is 0 Å². The second-order valence-corrected chi connectivity index (χ2v) is 7.80. The number of halogens is 1. The fourth-order valence-corrected chi connectivity index (χ4v) is 4.08. The number of nitrogens with one attached hydrogen (secondary N) is 1. The number of aliphatic imine (C=N–C) groups is 1. The van der Waals surface area contributed by atoms with Gasteiger partial charge in [-0.2, -0.15) is 0 Å². The molecule has 3 rings (SSSR count). The van der Waals surface area contributed by atoms with Crippen LogP contribution < -0.4 is 10.2 Å². The zero-order chi connectivity index (χ0) is 18.9. The molecule has 0 aliphatic carbocycles. The molecule has 0 saturated carbocycles. The van der Waals surface area contributed by atoms with Crippen LogP contribution >= 0.6 is 24.0 Å². The molecule has 1 aromatic heterocycles. The summed E-state index contributed by atoms with van der Waals surface area (Å²) in [5, 5.41) is 3.48. The average Bonchev–Trinajstić information content (AvgIpc) is 2.71. The highest BCUT2D eigenvalue weighted by Crippen LogP contribution is 2.15. The second-order valence-electron chi connectivity index (χ2n) is 7.80. The van der Waals surface area contributed by atoms with E-state index in [0.717, 1.165) is 63.4 Å². The van der Waals surface area contributed by atoms with Crippen LogP contribution in [-0.4, -0.2) is 79.6 Å². The minimum absolute atomic E-state index is 0. The lowest BCUT2D eigenvalue weighted by Gasteiger charge is -2.37. The van der Waals surface area contributed by atoms with Crippen molar-refractivity contribution in [3.63, 3.8) is 0 Å². The number of nitrogens with zero attached hydrogens (tertiary/aromatic N) is 5. The van der Waals surface area contributed by atoms with Crippen molar-refractivity contribution in [2.24, 2.45) is 10.9 Å². The molecule has 158 valence electrons. The smallest absolute Gasteiger partial charge is 0.194 e. The van der Waals surface area contributed by atoms with Gasteiger partial charge >= 0.3 is 0 Å². The summed E-state index contributed by atoms with van der Waals surface area (Å²) in [6, 6.07) is 6.12. The van der Waals surface area contributed by atoms with Crippen LogP contribution in [-0.2, 0) is 0 Å². The van der Waals surface area contributed by atoms with Gasteiger partial charge < -0.3 is 20.0 Å². The number of piperazine rings is 1. The van der Waals surface area contributed by atoms with Crippen molar-refractivity contribution in [3.8, 4) is 0 Å². The molecule has 28 heavy (non-hydrogen) atoms. The number of hydrogen-bond donors (Lipinski definition) is 1. The van der Waals surface area contributed by atoms with Crippen molar-refractivity contribution < 1.29 is 0 Å². The molecule has 0 bridgehead atoms. The Morgan fingerprint density at radius 1 is 1.21 bits per heavy atom. The molecular weight excluding hydrogens is 463 g/mol. The van der Waals surface area contributed by atoms with Gasteiger partial charge in [0.25, 0.3) is 0 Å². The van der Waals surface area contributed by atoms with E-state index in [9.17, 15) is 0 Å². The van der Waals surface area contributed by atoms with Crippen molar-refractivity contribution >= 4 is 35.8 Å². The maximum atomic E-state index is 4.91. The molecule has 1 aromatic rings. The molecule has 3 heterocycles. The Morgan fingerprint density at radius 2 is 2.04 bits per heavy atom. The second kappa shape index (κ2) is 12.5.